The van der Waals surface area contributed by atoms with Gasteiger partial charge in [0.1, 0.15) is 5.82 Å². The van der Waals surface area contributed by atoms with Crippen LogP contribution in [-0.2, 0) is 14.3 Å². The van der Waals surface area contributed by atoms with E-state index >= 15 is 0 Å². The minimum atomic E-state index is -1.19. The van der Waals surface area contributed by atoms with Gasteiger partial charge in [0.15, 0.2) is 6.10 Å². The molecule has 234 valence electrons. The number of ether oxygens (including phenoxy) is 1. The molecule has 4 aromatic rings. The number of carbonyl (C=O) groups is 4. The summed E-state index contributed by atoms with van der Waals surface area (Å²) in [6.45, 7) is 3.83. The van der Waals surface area contributed by atoms with Crippen LogP contribution in [0.4, 0.5) is 10.1 Å². The molecular formula is C36H29BrClFN2O5. The second-order valence-corrected chi connectivity index (χ2v) is 12.9. The van der Waals surface area contributed by atoms with Crippen LogP contribution in [0.3, 0.4) is 0 Å². The summed E-state index contributed by atoms with van der Waals surface area (Å²) in [7, 11) is 0. The molecular weight excluding hydrogens is 675 g/mol. The third kappa shape index (κ3) is 5.89. The number of ketones is 1. The molecule has 1 saturated heterocycles. The summed E-state index contributed by atoms with van der Waals surface area (Å²) in [5, 5.41) is 0.523. The molecule has 2 aliphatic rings. The van der Waals surface area contributed by atoms with Crippen molar-refractivity contribution in [1.29, 1.82) is 0 Å². The molecule has 1 fully saturated rings. The van der Waals surface area contributed by atoms with Crippen LogP contribution in [-0.4, -0.2) is 40.5 Å². The van der Waals surface area contributed by atoms with Crippen molar-refractivity contribution in [2.24, 2.45) is 17.8 Å². The van der Waals surface area contributed by atoms with E-state index in [9.17, 15) is 23.6 Å². The standard InChI is InChI=1S/C36H29BrClFN2O5/c1-19-4-3-5-26-31(19)35(44)41(34(26)43)25-12-8-21(9-13-25)29-18-28(27-17-23(37)16-20(2)32(27)40-29)36(45)46-30(14-15-38)33(42)22-6-10-24(39)11-7-22/h3-4,6-13,16-19,26,30-31H,5,14-15H2,1-2H3. The molecule has 0 bridgehead atoms. The van der Waals surface area contributed by atoms with Crippen LogP contribution in [0.15, 0.2) is 83.4 Å². The van der Waals surface area contributed by atoms with E-state index in [0.717, 1.165) is 10.0 Å². The zero-order chi connectivity index (χ0) is 32.7. The topological polar surface area (TPSA) is 93.6 Å². The lowest BCUT2D eigenvalue weighted by atomic mass is 9.78. The number of aromatic nitrogens is 1. The number of hydrogen-bond acceptors (Lipinski definition) is 6. The Bertz CT molecular complexity index is 1910. The summed E-state index contributed by atoms with van der Waals surface area (Å²) < 4.78 is 20.0. The predicted molar refractivity (Wildman–Crippen MR) is 177 cm³/mol. The maximum absolute atomic E-state index is 13.8. The van der Waals surface area contributed by atoms with Gasteiger partial charge in [0, 0.05) is 33.3 Å². The number of carbonyl (C=O) groups excluding carboxylic acids is 4. The van der Waals surface area contributed by atoms with E-state index < -0.39 is 23.7 Å². The molecule has 1 aliphatic heterocycles. The lowest BCUT2D eigenvalue weighted by molar-refractivity contribution is -0.122. The Labute approximate surface area is 278 Å². The Morgan fingerprint density at radius 3 is 2.46 bits per heavy atom. The lowest BCUT2D eigenvalue weighted by Gasteiger charge is -2.22. The molecule has 4 atom stereocenters. The first kappa shape index (κ1) is 31.8. The SMILES string of the molecule is Cc1cc(Br)cc2c(C(=O)OC(CCCl)C(=O)c3ccc(F)cc3)cc(-c3ccc(N4C(=O)C5CC=CC(C)C5C4=O)cc3)nc12. The Morgan fingerprint density at radius 2 is 1.78 bits per heavy atom. The number of anilines is 1. The van der Waals surface area contributed by atoms with Gasteiger partial charge in [0.05, 0.1) is 34.3 Å². The van der Waals surface area contributed by atoms with Gasteiger partial charge in [-0.2, -0.15) is 0 Å². The van der Waals surface area contributed by atoms with Gasteiger partial charge >= 0.3 is 5.97 Å². The van der Waals surface area contributed by atoms with Gasteiger partial charge in [-0.3, -0.25) is 19.3 Å². The number of pyridine rings is 1. The van der Waals surface area contributed by atoms with Crippen molar-refractivity contribution in [2.75, 3.05) is 10.8 Å². The molecule has 2 heterocycles. The van der Waals surface area contributed by atoms with Gasteiger partial charge < -0.3 is 4.74 Å². The largest absolute Gasteiger partial charge is 0.450 e. The van der Waals surface area contributed by atoms with E-state index in [1.54, 1.807) is 36.4 Å². The normalized spacial score (nSPS) is 19.8. The van der Waals surface area contributed by atoms with Crippen molar-refractivity contribution in [2.45, 2.75) is 32.8 Å². The van der Waals surface area contributed by atoms with E-state index in [1.165, 1.54) is 29.2 Å². The Hall–Kier alpha value is -4.21. The van der Waals surface area contributed by atoms with Gasteiger partial charge in [-0.05, 0) is 79.4 Å². The average Bonchev–Trinajstić information content (AvgIpc) is 3.30. The fraction of sp³-hybridized carbons (Fsp3) is 0.250. The molecule has 10 heteroatoms. The Kier molecular flexibility index (Phi) is 8.90. The van der Waals surface area contributed by atoms with Crippen LogP contribution in [0, 0.1) is 30.5 Å². The zero-order valence-electron chi connectivity index (χ0n) is 25.0. The third-order valence-electron chi connectivity index (χ3n) is 8.62. The number of rotatable bonds is 8. The first-order valence-electron chi connectivity index (χ1n) is 14.9. The number of esters is 1. The summed E-state index contributed by atoms with van der Waals surface area (Å²) in [5.41, 5.74) is 3.33. The van der Waals surface area contributed by atoms with Gasteiger partial charge in [-0.25, -0.2) is 14.2 Å². The van der Waals surface area contributed by atoms with Crippen molar-refractivity contribution >= 4 is 67.7 Å². The van der Waals surface area contributed by atoms with E-state index in [0.29, 0.717) is 34.3 Å². The molecule has 3 aromatic carbocycles. The predicted octanol–water partition coefficient (Wildman–Crippen LogP) is 7.85. The summed E-state index contributed by atoms with van der Waals surface area (Å²) in [6.07, 6.45) is 3.38. The van der Waals surface area contributed by atoms with Gasteiger partial charge in [0.2, 0.25) is 17.6 Å². The van der Waals surface area contributed by atoms with E-state index in [2.05, 4.69) is 15.9 Å². The molecule has 2 amide bonds. The fourth-order valence-corrected chi connectivity index (χ4v) is 7.06. The molecule has 1 aromatic heterocycles. The van der Waals surface area contributed by atoms with Gasteiger partial charge in [0.25, 0.3) is 0 Å². The fourth-order valence-electron chi connectivity index (χ4n) is 6.29. The highest BCUT2D eigenvalue weighted by atomic mass is 79.9. The number of amides is 2. The number of aryl methyl sites for hydroxylation is 1. The summed E-state index contributed by atoms with van der Waals surface area (Å²) >= 11 is 9.47. The maximum atomic E-state index is 13.8. The number of nitrogens with zero attached hydrogens (tertiary/aromatic N) is 2. The van der Waals surface area contributed by atoms with Crippen LogP contribution in [0.5, 0.6) is 0 Å². The number of allylic oxidation sites excluding steroid dienone is 2. The van der Waals surface area contributed by atoms with Crippen molar-refractivity contribution < 1.29 is 28.3 Å². The molecule has 6 rings (SSSR count). The molecule has 7 nitrogen and oxygen atoms in total. The van der Waals surface area contributed by atoms with E-state index in [1.807, 2.05) is 32.1 Å². The summed E-state index contributed by atoms with van der Waals surface area (Å²) in [4.78, 5) is 59.7. The maximum Gasteiger partial charge on any atom is 0.339 e. The molecule has 4 unspecified atom stereocenters. The van der Waals surface area contributed by atoms with Crippen LogP contribution in [0.1, 0.15) is 46.0 Å². The van der Waals surface area contributed by atoms with Gasteiger partial charge in [-0.15, -0.1) is 11.6 Å². The first-order chi connectivity index (χ1) is 22.1. The van der Waals surface area contributed by atoms with Crippen molar-refractivity contribution in [3.63, 3.8) is 0 Å². The smallest absolute Gasteiger partial charge is 0.339 e. The highest BCUT2D eigenvalue weighted by molar-refractivity contribution is 9.10. The number of Topliss-reactive ketones (excluding diaryl/α,β-unsaturated/α-hetero) is 1. The summed E-state index contributed by atoms with van der Waals surface area (Å²) in [5.74, 6) is -2.80. The molecule has 1 aliphatic carbocycles. The van der Waals surface area contributed by atoms with Crippen LogP contribution < -0.4 is 4.90 Å². The van der Waals surface area contributed by atoms with Gasteiger partial charge in [-0.1, -0.05) is 47.1 Å². The zero-order valence-corrected chi connectivity index (χ0v) is 27.3. The van der Waals surface area contributed by atoms with Crippen molar-refractivity contribution in [3.8, 4) is 11.3 Å². The highest BCUT2D eigenvalue weighted by Crippen LogP contribution is 2.41. The second kappa shape index (κ2) is 12.9. The average molecular weight is 704 g/mol. The molecule has 0 saturated carbocycles. The second-order valence-electron chi connectivity index (χ2n) is 11.6. The van der Waals surface area contributed by atoms with Crippen LogP contribution in [0.2, 0.25) is 0 Å². The minimum absolute atomic E-state index is 0.0160. The van der Waals surface area contributed by atoms with Crippen molar-refractivity contribution in [3.05, 3.63) is 106 Å². The molecule has 0 radical (unpaired) electrons. The number of hydrogen-bond donors (Lipinski definition) is 0. The number of imide groups is 1. The quantitative estimate of drug-likeness (QED) is 0.0610. The Morgan fingerprint density at radius 1 is 1.07 bits per heavy atom. The molecule has 46 heavy (non-hydrogen) atoms. The number of benzene rings is 3. The van der Waals surface area contributed by atoms with E-state index in [-0.39, 0.29) is 53.0 Å². The van der Waals surface area contributed by atoms with Crippen LogP contribution >= 0.6 is 27.5 Å². The third-order valence-corrected chi connectivity index (χ3v) is 9.30. The number of fused-ring (bicyclic) bond motifs is 2. The number of alkyl halides is 1. The molecule has 0 spiro atoms. The molecule has 0 N–H and O–H groups in total. The van der Waals surface area contributed by atoms with E-state index in [4.69, 9.17) is 21.3 Å². The summed E-state index contributed by atoms with van der Waals surface area (Å²) in [6, 6.07) is 17.2. The highest BCUT2D eigenvalue weighted by Gasteiger charge is 2.50. The van der Waals surface area contributed by atoms with Crippen LogP contribution in [0.25, 0.3) is 22.2 Å². The van der Waals surface area contributed by atoms with Crippen molar-refractivity contribution in [1.82, 2.24) is 4.98 Å². The number of halogens is 3. The lowest BCUT2D eigenvalue weighted by Crippen LogP contribution is -2.31. The first-order valence-corrected chi connectivity index (χ1v) is 16.2. The monoisotopic (exact) mass is 702 g/mol. The minimum Gasteiger partial charge on any atom is -0.450 e. The Balaban J connectivity index is 1.34.